The van der Waals surface area contributed by atoms with Crippen LogP contribution in [0.15, 0.2) is 22.3 Å². The van der Waals surface area contributed by atoms with Crippen molar-refractivity contribution in [3.8, 4) is 0 Å². The number of nitrogens with two attached hydrogens (primary N) is 2. The summed E-state index contributed by atoms with van der Waals surface area (Å²) in [6, 6.07) is 0. The van der Waals surface area contributed by atoms with Gasteiger partial charge in [0.2, 0.25) is 5.95 Å². The molecule has 3 unspecified atom stereocenters. The summed E-state index contributed by atoms with van der Waals surface area (Å²) in [5.41, 5.74) is 14.4. The molecule has 3 aromatic heterocycles. The molecule has 0 saturated carbocycles. The van der Waals surface area contributed by atoms with Crippen LogP contribution in [0.3, 0.4) is 0 Å². The average molecular weight is 695 g/mol. The largest absolute Gasteiger partial charge is 0.369 e. The monoisotopic (exact) mass is 694 g/mol. The third kappa shape index (κ3) is 5.53. The predicted molar refractivity (Wildman–Crippen MR) is 155 cm³/mol. The molecule has 24 heteroatoms. The van der Waals surface area contributed by atoms with Crippen molar-refractivity contribution in [3.63, 3.8) is 0 Å². The lowest BCUT2D eigenvalue weighted by atomic mass is 10.1. The molecule has 4 aliphatic rings. The summed E-state index contributed by atoms with van der Waals surface area (Å²) in [6.07, 6.45) is -5.22. The van der Waals surface area contributed by atoms with Crippen molar-refractivity contribution >= 4 is 60.5 Å². The van der Waals surface area contributed by atoms with Gasteiger partial charge < -0.3 is 44.3 Å². The Morgan fingerprint density at radius 1 is 1.09 bits per heavy atom. The van der Waals surface area contributed by atoms with E-state index < -0.39 is 74.7 Å². The Kier molecular flexibility index (Phi) is 7.72. The molecule has 0 radical (unpaired) electrons. The zero-order valence-corrected chi connectivity index (χ0v) is 25.6. The number of aliphatic imine (C=N–C) groups is 1. The first kappa shape index (κ1) is 30.4. The summed E-state index contributed by atoms with van der Waals surface area (Å²) < 4.78 is 53.3. The smallest absolute Gasteiger partial charge is 0.325 e. The number of alkyl halides is 1. The SMILES string of the molecule is Nc1nc2c(ncn2[C@@H]2O[C@@H]3COP(O)(=S)O[C@H]4C[C@H](c5cnc6n5NC=NC6N)O[C@@H]4COP(O)(=S)O[C@@H]2[C@@H]3F)c(=O)[nH]1. The van der Waals surface area contributed by atoms with Crippen molar-refractivity contribution in [2.24, 2.45) is 10.7 Å². The number of nitrogens with one attached hydrogen (secondary N) is 2. The minimum Gasteiger partial charge on any atom is -0.369 e. The number of rotatable bonds is 2. The number of aromatic amines is 1. The Morgan fingerprint density at radius 2 is 1.84 bits per heavy atom. The average Bonchev–Trinajstić information content (AvgIpc) is 3.72. The molecular weight excluding hydrogens is 669 g/mol. The third-order valence-electron chi connectivity index (χ3n) is 7.35. The Morgan fingerprint density at radius 3 is 2.64 bits per heavy atom. The fraction of sp³-hybridized carbons (Fsp3) is 0.550. The molecule has 4 aliphatic heterocycles. The van der Waals surface area contributed by atoms with Gasteiger partial charge in [-0.05, 0) is 23.6 Å². The van der Waals surface area contributed by atoms with E-state index in [0.29, 0.717) is 11.5 Å². The highest BCUT2D eigenvalue weighted by atomic mass is 32.5. The van der Waals surface area contributed by atoms with Crippen LogP contribution in [0.2, 0.25) is 0 Å². The van der Waals surface area contributed by atoms with Crippen LogP contribution in [0, 0.1) is 0 Å². The first-order chi connectivity index (χ1) is 20.9. The van der Waals surface area contributed by atoms with E-state index in [1.165, 1.54) is 17.2 Å². The van der Waals surface area contributed by atoms with E-state index in [-0.39, 0.29) is 30.1 Å². The van der Waals surface area contributed by atoms with Crippen molar-refractivity contribution in [1.82, 2.24) is 29.2 Å². The molecule has 0 amide bonds. The maximum Gasteiger partial charge on any atom is 0.325 e. The Balaban J connectivity index is 1.17. The molecule has 0 aromatic carbocycles. The molecule has 0 spiro atoms. The second-order valence-corrected chi connectivity index (χ2v) is 15.7. The van der Waals surface area contributed by atoms with E-state index in [2.05, 4.69) is 30.4 Å². The summed E-state index contributed by atoms with van der Waals surface area (Å²) in [4.78, 5) is 53.1. The maximum atomic E-state index is 15.9. The molecule has 10 atom stereocenters. The van der Waals surface area contributed by atoms with Gasteiger partial charge in [-0.2, -0.15) is 4.98 Å². The maximum absolute atomic E-state index is 15.9. The summed E-state index contributed by atoms with van der Waals surface area (Å²) in [5.74, 6) is 0.221. The molecule has 7 heterocycles. The number of halogens is 1. The molecule has 3 aromatic rings. The molecule has 44 heavy (non-hydrogen) atoms. The van der Waals surface area contributed by atoms with Gasteiger partial charge in [0, 0.05) is 6.42 Å². The molecule has 3 fully saturated rings. The normalized spacial score (nSPS) is 39.2. The number of fused-ring (bicyclic) bond motifs is 5. The van der Waals surface area contributed by atoms with E-state index >= 15 is 4.39 Å². The molecule has 0 aliphatic carbocycles. The van der Waals surface area contributed by atoms with Crippen molar-refractivity contribution in [2.75, 3.05) is 24.4 Å². The van der Waals surface area contributed by atoms with Gasteiger partial charge in [-0.1, -0.05) is 0 Å². The van der Waals surface area contributed by atoms with Gasteiger partial charge in [0.25, 0.3) is 5.56 Å². The lowest BCUT2D eigenvalue weighted by Crippen LogP contribution is -2.32. The van der Waals surface area contributed by atoms with Gasteiger partial charge in [-0.15, -0.1) is 0 Å². The number of nitrogens with zero attached hydrogens (tertiary/aromatic N) is 6. The Bertz CT molecular complexity index is 1790. The Hall–Kier alpha value is -2.30. The quantitative estimate of drug-likeness (QED) is 0.184. The van der Waals surface area contributed by atoms with Gasteiger partial charge in [0.15, 0.2) is 35.6 Å². The number of anilines is 1. The Labute approximate surface area is 256 Å². The van der Waals surface area contributed by atoms with Gasteiger partial charge in [0.1, 0.15) is 30.8 Å². The molecule has 8 N–H and O–H groups in total. The minimum absolute atomic E-state index is 0.0421. The first-order valence-electron chi connectivity index (χ1n) is 13.0. The second-order valence-electron chi connectivity index (χ2n) is 10.2. The van der Waals surface area contributed by atoms with Crippen molar-refractivity contribution in [3.05, 3.63) is 34.4 Å². The minimum atomic E-state index is -4.20. The third-order valence-corrected chi connectivity index (χ3v) is 10.5. The van der Waals surface area contributed by atoms with Crippen LogP contribution in [0.4, 0.5) is 10.3 Å². The van der Waals surface area contributed by atoms with Crippen LogP contribution in [0.25, 0.3) is 11.2 Å². The van der Waals surface area contributed by atoms with Gasteiger partial charge in [-0.3, -0.25) is 24.3 Å². The summed E-state index contributed by atoms with van der Waals surface area (Å²) in [7, 11) is 0. The van der Waals surface area contributed by atoms with Crippen LogP contribution >= 0.6 is 13.4 Å². The van der Waals surface area contributed by atoms with E-state index in [4.69, 9.17) is 62.6 Å². The molecule has 238 valence electrons. The number of hydrogen-bond acceptors (Lipinski definition) is 16. The van der Waals surface area contributed by atoms with Crippen molar-refractivity contribution in [1.29, 1.82) is 0 Å². The number of ether oxygens (including phenoxy) is 2. The van der Waals surface area contributed by atoms with Crippen LogP contribution in [-0.2, 0) is 51.2 Å². The summed E-state index contributed by atoms with van der Waals surface area (Å²) in [6.45, 7) is -9.18. The topological polar surface area (TPSA) is 254 Å². The molecule has 2 bridgehead atoms. The zero-order valence-electron chi connectivity index (χ0n) is 22.2. The fourth-order valence-electron chi connectivity index (χ4n) is 5.38. The molecular formula is C20H25FN10O9P2S2. The molecule has 19 nitrogen and oxygen atoms in total. The zero-order chi connectivity index (χ0) is 31.0. The highest BCUT2D eigenvalue weighted by Crippen LogP contribution is 2.54. The van der Waals surface area contributed by atoms with Crippen LogP contribution in [0.1, 0.15) is 36.4 Å². The number of nitrogen functional groups attached to an aromatic ring is 1. The predicted octanol–water partition coefficient (Wildman–Crippen LogP) is -0.542. The standard InChI is InChI=1S/C20H25FN10O9P2S2/c21-12-11-4-36-41(33,43)39-9-1-8(7-2-24-17-15(22)25-5-27-31(7)17)37-10(9)3-35-42(34,44)40-14(12)19(38-11)30-6-26-13-16(30)28-20(23)29-18(13)32/h2,5-6,8-12,14-15,19H,1,3-4,22H2,(H,25,27)(H,33,43)(H,34,44)(H3,23,28,29,32)/t8-,9+,10-,11-,12-,14-,15?,19-,41?,42?/m1/s1. The van der Waals surface area contributed by atoms with Crippen LogP contribution in [0.5, 0.6) is 0 Å². The summed E-state index contributed by atoms with van der Waals surface area (Å²) in [5, 5.41) is 0. The van der Waals surface area contributed by atoms with Crippen LogP contribution < -0.4 is 22.5 Å². The van der Waals surface area contributed by atoms with Crippen molar-refractivity contribution in [2.45, 2.75) is 55.5 Å². The van der Waals surface area contributed by atoms with Gasteiger partial charge >= 0.3 is 13.4 Å². The lowest BCUT2D eigenvalue weighted by Gasteiger charge is -2.27. The molecule has 3 saturated heterocycles. The fourth-order valence-corrected chi connectivity index (χ4v) is 8.25. The van der Waals surface area contributed by atoms with Crippen LogP contribution in [-0.4, -0.2) is 89.1 Å². The van der Waals surface area contributed by atoms with Gasteiger partial charge in [-0.25, -0.2) is 24.0 Å². The van der Waals surface area contributed by atoms with E-state index in [1.54, 1.807) is 10.9 Å². The summed E-state index contributed by atoms with van der Waals surface area (Å²) >= 11 is 10.5. The highest BCUT2D eigenvalue weighted by molar-refractivity contribution is 8.07. The van der Waals surface area contributed by atoms with E-state index in [9.17, 15) is 14.6 Å². The number of imidazole rings is 2. The lowest BCUT2D eigenvalue weighted by molar-refractivity contribution is -0.0555. The van der Waals surface area contributed by atoms with E-state index in [0.717, 1.165) is 0 Å². The van der Waals surface area contributed by atoms with E-state index in [1.807, 2.05) is 0 Å². The van der Waals surface area contributed by atoms with Gasteiger partial charge in [0.05, 0.1) is 37.5 Å². The van der Waals surface area contributed by atoms with Crippen molar-refractivity contribution < 1.29 is 41.7 Å². The first-order valence-corrected chi connectivity index (χ1v) is 18.2. The second kappa shape index (κ2) is 11.2. The number of aromatic nitrogens is 6. The molecule has 7 rings (SSSR count). The number of hydrogen-bond donors (Lipinski definition) is 6. The highest BCUT2D eigenvalue weighted by Gasteiger charge is 2.51. The number of H-pyrrole nitrogens is 1.